The highest BCUT2D eigenvalue weighted by Crippen LogP contribution is 2.27. The lowest BCUT2D eigenvalue weighted by atomic mass is 10.1. The first-order valence-electron chi connectivity index (χ1n) is 9.47. The first kappa shape index (κ1) is 18.8. The van der Waals surface area contributed by atoms with Crippen LogP contribution in [0.5, 0.6) is 5.75 Å². The number of nitrogens with one attached hydrogen (secondary N) is 1. The van der Waals surface area contributed by atoms with Crippen molar-refractivity contribution in [3.63, 3.8) is 0 Å². The number of para-hydroxylation sites is 1. The van der Waals surface area contributed by atoms with Crippen LogP contribution in [0, 0.1) is 0 Å². The molecule has 146 valence electrons. The average molecular weight is 397 g/mol. The first-order chi connectivity index (χ1) is 13.6. The molecule has 0 amide bonds. The van der Waals surface area contributed by atoms with Crippen molar-refractivity contribution in [3.8, 4) is 5.75 Å². The van der Waals surface area contributed by atoms with Gasteiger partial charge in [-0.3, -0.25) is 0 Å². The number of hydrogen-bond donors (Lipinski definition) is 1. The first-order valence-corrected chi connectivity index (χ1v) is 11.0. The van der Waals surface area contributed by atoms with E-state index in [-0.39, 0.29) is 4.90 Å². The molecule has 0 spiro atoms. The molecule has 0 fully saturated rings. The third-order valence-electron chi connectivity index (χ3n) is 5.21. The summed E-state index contributed by atoms with van der Waals surface area (Å²) in [6, 6.07) is 19.2. The van der Waals surface area contributed by atoms with Crippen molar-refractivity contribution in [3.05, 3.63) is 66.2 Å². The van der Waals surface area contributed by atoms with E-state index in [1.165, 1.54) is 11.3 Å². The Hall–Kier alpha value is -2.57. The van der Waals surface area contributed by atoms with E-state index in [9.17, 15) is 8.42 Å². The maximum atomic E-state index is 12.6. The fourth-order valence-electron chi connectivity index (χ4n) is 3.69. The van der Waals surface area contributed by atoms with Gasteiger partial charge in [0.05, 0.1) is 12.0 Å². The third-order valence-corrected chi connectivity index (χ3v) is 6.67. The van der Waals surface area contributed by atoms with Crippen LogP contribution in [0.25, 0.3) is 10.8 Å². The van der Waals surface area contributed by atoms with Crippen molar-refractivity contribution in [2.75, 3.05) is 31.6 Å². The van der Waals surface area contributed by atoms with Crippen molar-refractivity contribution in [2.24, 2.45) is 0 Å². The smallest absolute Gasteiger partial charge is 0.240 e. The van der Waals surface area contributed by atoms with Gasteiger partial charge in [-0.25, -0.2) is 13.1 Å². The minimum Gasteiger partial charge on any atom is -0.497 e. The Balaban J connectivity index is 1.37. The fraction of sp³-hybridized carbons (Fsp3) is 0.273. The number of methoxy groups -OCH3 is 1. The van der Waals surface area contributed by atoms with Crippen molar-refractivity contribution >= 4 is 26.5 Å². The van der Waals surface area contributed by atoms with Crippen LogP contribution in [0.2, 0.25) is 0 Å². The molecular weight excluding hydrogens is 372 g/mol. The van der Waals surface area contributed by atoms with Gasteiger partial charge < -0.3 is 9.64 Å². The molecular formula is C22H24N2O3S. The SMILES string of the molecule is COc1ccc2cc(S(=O)(=O)NCCCN3CCc4ccccc43)ccc2c1. The zero-order valence-electron chi connectivity index (χ0n) is 15.9. The second-order valence-corrected chi connectivity index (χ2v) is 8.76. The summed E-state index contributed by atoms with van der Waals surface area (Å²) >= 11 is 0. The van der Waals surface area contributed by atoms with Crippen molar-refractivity contribution in [1.82, 2.24) is 4.72 Å². The quantitative estimate of drug-likeness (QED) is 0.620. The second kappa shape index (κ2) is 7.81. The van der Waals surface area contributed by atoms with Crippen LogP contribution in [0.15, 0.2) is 65.6 Å². The lowest BCUT2D eigenvalue weighted by molar-refractivity contribution is 0.415. The molecule has 1 aliphatic heterocycles. The summed E-state index contributed by atoms with van der Waals surface area (Å²) in [6.45, 7) is 2.26. The Kier molecular flexibility index (Phi) is 5.24. The summed E-state index contributed by atoms with van der Waals surface area (Å²) in [6.07, 6.45) is 1.82. The number of benzene rings is 3. The van der Waals surface area contributed by atoms with Crippen LogP contribution in [0.3, 0.4) is 0 Å². The number of ether oxygens (including phenoxy) is 1. The number of rotatable bonds is 7. The van der Waals surface area contributed by atoms with Crippen LogP contribution in [-0.2, 0) is 16.4 Å². The van der Waals surface area contributed by atoms with Gasteiger partial charge >= 0.3 is 0 Å². The molecule has 1 aliphatic rings. The molecule has 5 nitrogen and oxygen atoms in total. The van der Waals surface area contributed by atoms with Gasteiger partial charge in [0.1, 0.15) is 5.75 Å². The highest BCUT2D eigenvalue weighted by atomic mass is 32.2. The van der Waals surface area contributed by atoms with E-state index < -0.39 is 10.0 Å². The van der Waals surface area contributed by atoms with E-state index in [1.54, 1.807) is 19.2 Å². The standard InChI is InChI=1S/C22H24N2O3S/c1-27-20-9-7-19-16-21(10-8-18(19)15-20)28(25,26)23-12-4-13-24-14-11-17-5-2-3-6-22(17)24/h2-3,5-10,15-16,23H,4,11-14H2,1H3. The molecule has 0 saturated heterocycles. The highest BCUT2D eigenvalue weighted by molar-refractivity contribution is 7.89. The van der Waals surface area contributed by atoms with Crippen LogP contribution in [-0.4, -0.2) is 35.2 Å². The Morgan fingerprint density at radius 1 is 1.04 bits per heavy atom. The average Bonchev–Trinajstić information content (AvgIpc) is 3.13. The Morgan fingerprint density at radius 2 is 1.82 bits per heavy atom. The molecule has 0 bridgehead atoms. The molecule has 6 heteroatoms. The van der Waals surface area contributed by atoms with Gasteiger partial charge in [0.15, 0.2) is 0 Å². The molecule has 4 rings (SSSR count). The molecule has 3 aromatic carbocycles. The minimum absolute atomic E-state index is 0.289. The highest BCUT2D eigenvalue weighted by Gasteiger charge is 2.18. The fourth-order valence-corrected chi connectivity index (χ4v) is 4.80. The molecule has 0 saturated carbocycles. The van der Waals surface area contributed by atoms with Gasteiger partial charge in [-0.15, -0.1) is 0 Å². The molecule has 28 heavy (non-hydrogen) atoms. The van der Waals surface area contributed by atoms with Crippen LogP contribution in [0.1, 0.15) is 12.0 Å². The van der Waals surface area contributed by atoms with E-state index in [1.807, 2.05) is 24.3 Å². The zero-order chi connectivity index (χ0) is 19.6. The number of fused-ring (bicyclic) bond motifs is 2. The number of nitrogens with zero attached hydrogens (tertiary/aromatic N) is 1. The second-order valence-electron chi connectivity index (χ2n) is 6.99. The Labute approximate surface area is 166 Å². The van der Waals surface area contributed by atoms with Crippen molar-refractivity contribution in [2.45, 2.75) is 17.7 Å². The van der Waals surface area contributed by atoms with Gasteiger partial charge in [-0.2, -0.15) is 0 Å². The van der Waals surface area contributed by atoms with Gasteiger partial charge in [0.25, 0.3) is 0 Å². The monoisotopic (exact) mass is 396 g/mol. The molecule has 0 unspecified atom stereocenters. The van der Waals surface area contributed by atoms with Crippen LogP contribution < -0.4 is 14.4 Å². The van der Waals surface area contributed by atoms with Crippen LogP contribution in [0.4, 0.5) is 5.69 Å². The Bertz CT molecular complexity index is 1100. The molecule has 0 atom stereocenters. The third kappa shape index (κ3) is 3.84. The number of sulfonamides is 1. The summed E-state index contributed by atoms with van der Waals surface area (Å²) < 4.78 is 33.2. The molecule has 3 aromatic rings. The predicted molar refractivity (Wildman–Crippen MR) is 113 cm³/mol. The molecule has 0 aromatic heterocycles. The Morgan fingerprint density at radius 3 is 2.68 bits per heavy atom. The topological polar surface area (TPSA) is 58.6 Å². The van der Waals surface area contributed by atoms with E-state index in [4.69, 9.17) is 4.74 Å². The van der Waals surface area contributed by atoms with Gasteiger partial charge in [0, 0.05) is 25.3 Å². The largest absolute Gasteiger partial charge is 0.497 e. The van der Waals surface area contributed by atoms with Crippen molar-refractivity contribution in [1.29, 1.82) is 0 Å². The predicted octanol–water partition coefficient (Wildman–Crippen LogP) is 3.58. The number of anilines is 1. The molecule has 0 radical (unpaired) electrons. The number of hydrogen-bond acceptors (Lipinski definition) is 4. The maximum absolute atomic E-state index is 12.6. The van der Waals surface area contributed by atoms with E-state index in [2.05, 4.69) is 33.9 Å². The molecule has 1 heterocycles. The van der Waals surface area contributed by atoms with Gasteiger partial charge in [0.2, 0.25) is 10.0 Å². The summed E-state index contributed by atoms with van der Waals surface area (Å²) in [5.74, 6) is 0.754. The van der Waals surface area contributed by atoms with E-state index in [0.29, 0.717) is 6.54 Å². The van der Waals surface area contributed by atoms with Crippen LogP contribution >= 0.6 is 0 Å². The summed E-state index contributed by atoms with van der Waals surface area (Å²) in [5, 5.41) is 1.82. The molecule has 1 N–H and O–H groups in total. The summed E-state index contributed by atoms with van der Waals surface area (Å²) in [5.41, 5.74) is 2.64. The van der Waals surface area contributed by atoms with Crippen molar-refractivity contribution < 1.29 is 13.2 Å². The lowest BCUT2D eigenvalue weighted by Gasteiger charge is -2.19. The van der Waals surface area contributed by atoms with E-state index >= 15 is 0 Å². The molecule has 0 aliphatic carbocycles. The minimum atomic E-state index is -3.52. The lowest BCUT2D eigenvalue weighted by Crippen LogP contribution is -2.29. The van der Waals surface area contributed by atoms with E-state index in [0.717, 1.165) is 42.5 Å². The summed E-state index contributed by atoms with van der Waals surface area (Å²) in [4.78, 5) is 2.62. The van der Waals surface area contributed by atoms with Gasteiger partial charge in [-0.05, 0) is 59.5 Å². The normalized spacial score (nSPS) is 13.7. The maximum Gasteiger partial charge on any atom is 0.240 e. The zero-order valence-corrected chi connectivity index (χ0v) is 16.7. The van der Waals surface area contributed by atoms with Gasteiger partial charge in [-0.1, -0.05) is 30.3 Å². The summed E-state index contributed by atoms with van der Waals surface area (Å²) in [7, 11) is -1.91.